The van der Waals surface area contributed by atoms with Gasteiger partial charge >= 0.3 is 0 Å². The molecule has 0 atom stereocenters. The highest BCUT2D eigenvalue weighted by Crippen LogP contribution is 2.26. The van der Waals surface area contributed by atoms with Crippen molar-refractivity contribution in [1.82, 2.24) is 19.8 Å². The van der Waals surface area contributed by atoms with Gasteiger partial charge in [0.05, 0.1) is 16.6 Å². The van der Waals surface area contributed by atoms with Gasteiger partial charge in [0.25, 0.3) is 23.5 Å². The van der Waals surface area contributed by atoms with Crippen molar-refractivity contribution in [2.75, 3.05) is 26.2 Å². The smallest absolute Gasteiger partial charge is 0.295 e. The Morgan fingerprint density at radius 1 is 0.968 bits per heavy atom. The van der Waals surface area contributed by atoms with E-state index in [1.807, 2.05) is 0 Å². The van der Waals surface area contributed by atoms with Gasteiger partial charge < -0.3 is 20.5 Å². The highest BCUT2D eigenvalue weighted by Gasteiger charge is 2.31. The maximum absolute atomic E-state index is 14.4. The third-order valence-electron chi connectivity index (χ3n) is 5.23. The zero-order valence-electron chi connectivity index (χ0n) is 16.3. The average molecular weight is 423 g/mol. The number of carbonyl (C=O) groups excluding carboxylic acids is 4. The first-order valence-electron chi connectivity index (χ1n) is 9.51. The van der Waals surface area contributed by atoms with Crippen LogP contribution in [0.4, 0.5) is 4.39 Å². The maximum atomic E-state index is 14.4. The first-order valence-corrected chi connectivity index (χ1v) is 9.51. The van der Waals surface area contributed by atoms with Gasteiger partial charge in [-0.25, -0.2) is 4.39 Å². The number of nitrogens with two attached hydrogens (primary N) is 1. The maximum Gasteiger partial charge on any atom is 0.295 e. The van der Waals surface area contributed by atoms with Gasteiger partial charge in [-0.3, -0.25) is 24.2 Å². The van der Waals surface area contributed by atoms with Gasteiger partial charge in [0, 0.05) is 44.0 Å². The van der Waals surface area contributed by atoms with Crippen LogP contribution < -0.4 is 5.73 Å². The summed E-state index contributed by atoms with van der Waals surface area (Å²) in [6.45, 7) is 0.784. The summed E-state index contributed by atoms with van der Waals surface area (Å²) in [6, 6.07) is 7.26. The molecular weight excluding hydrogens is 405 g/mol. The molecule has 1 aliphatic rings. The van der Waals surface area contributed by atoms with E-state index in [2.05, 4.69) is 9.97 Å². The highest BCUT2D eigenvalue weighted by molar-refractivity contribution is 6.45. The van der Waals surface area contributed by atoms with Crippen molar-refractivity contribution in [2.45, 2.75) is 0 Å². The van der Waals surface area contributed by atoms with Crippen molar-refractivity contribution < 1.29 is 23.6 Å². The van der Waals surface area contributed by atoms with Crippen LogP contribution in [-0.2, 0) is 4.79 Å². The number of nitrogens with one attached hydrogen (secondary N) is 1. The lowest BCUT2D eigenvalue weighted by Crippen LogP contribution is -2.52. The fourth-order valence-electron chi connectivity index (χ4n) is 3.61. The van der Waals surface area contributed by atoms with E-state index in [9.17, 15) is 23.6 Å². The summed E-state index contributed by atoms with van der Waals surface area (Å²) in [6.07, 6.45) is 2.72. The number of carbonyl (C=O) groups is 4. The Bertz CT molecular complexity index is 1200. The summed E-state index contributed by atoms with van der Waals surface area (Å²) < 4.78 is 14.4. The summed E-state index contributed by atoms with van der Waals surface area (Å²) in [5, 5.41) is -0.154. The Kier molecular flexibility index (Phi) is 5.20. The Morgan fingerprint density at radius 2 is 1.68 bits per heavy atom. The van der Waals surface area contributed by atoms with Crippen LogP contribution in [0.1, 0.15) is 31.2 Å². The Balaban J connectivity index is 1.50. The predicted octanol–water partition coefficient (Wildman–Crippen LogP) is 0.968. The minimum absolute atomic E-state index is 0.0181. The molecule has 3 amide bonds. The van der Waals surface area contributed by atoms with Crippen molar-refractivity contribution in [2.24, 2.45) is 5.73 Å². The predicted molar refractivity (Wildman–Crippen MR) is 108 cm³/mol. The van der Waals surface area contributed by atoms with Crippen molar-refractivity contribution >= 4 is 34.4 Å². The van der Waals surface area contributed by atoms with Gasteiger partial charge in [-0.1, -0.05) is 6.07 Å². The Labute approximate surface area is 175 Å². The van der Waals surface area contributed by atoms with E-state index in [1.165, 1.54) is 23.4 Å². The van der Waals surface area contributed by atoms with Crippen LogP contribution in [0.5, 0.6) is 0 Å². The third kappa shape index (κ3) is 3.63. The number of H-pyrrole nitrogens is 1. The molecule has 1 aromatic carbocycles. The molecule has 1 fully saturated rings. The number of benzene rings is 1. The zero-order chi connectivity index (χ0) is 22.1. The van der Waals surface area contributed by atoms with E-state index in [0.29, 0.717) is 5.69 Å². The van der Waals surface area contributed by atoms with Crippen molar-refractivity contribution in [1.29, 1.82) is 0 Å². The number of Topliss-reactive ketones (excluding diaryl/α,β-unsaturated/α-hetero) is 1. The van der Waals surface area contributed by atoms with E-state index in [-0.39, 0.29) is 54.1 Å². The SMILES string of the molecule is NC(=O)c1ccc(F)c2c(C(=O)C(=O)N3CCN(C(=O)c4ccccn4)CC3)c[nH]c12. The molecule has 9 nitrogen and oxygen atoms in total. The average Bonchev–Trinajstić information content (AvgIpc) is 3.24. The van der Waals surface area contributed by atoms with Gasteiger partial charge in [0.2, 0.25) is 0 Å². The van der Waals surface area contributed by atoms with Crippen molar-refractivity contribution in [3.8, 4) is 0 Å². The number of amides is 3. The van der Waals surface area contributed by atoms with Crippen LogP contribution in [0.25, 0.3) is 10.9 Å². The lowest BCUT2D eigenvalue weighted by Gasteiger charge is -2.34. The fraction of sp³-hybridized carbons (Fsp3) is 0.190. The molecule has 2 aromatic heterocycles. The van der Waals surface area contributed by atoms with Crippen LogP contribution >= 0.6 is 0 Å². The lowest BCUT2D eigenvalue weighted by atomic mass is 10.0. The molecule has 0 aliphatic carbocycles. The second kappa shape index (κ2) is 7.98. The molecule has 4 rings (SSSR count). The molecule has 0 bridgehead atoms. The first kappa shape index (κ1) is 20.2. The number of nitrogens with zero attached hydrogens (tertiary/aromatic N) is 3. The number of fused-ring (bicyclic) bond motifs is 1. The second-order valence-corrected chi connectivity index (χ2v) is 7.04. The number of rotatable bonds is 4. The van der Waals surface area contributed by atoms with Crippen LogP contribution in [0.3, 0.4) is 0 Å². The van der Waals surface area contributed by atoms with Gasteiger partial charge in [0.1, 0.15) is 11.5 Å². The minimum Gasteiger partial charge on any atom is -0.366 e. The topological polar surface area (TPSA) is 129 Å². The molecule has 0 spiro atoms. The summed E-state index contributed by atoms with van der Waals surface area (Å²) >= 11 is 0. The molecule has 0 saturated carbocycles. The molecule has 10 heteroatoms. The van der Waals surface area contributed by atoms with E-state index in [1.54, 1.807) is 23.1 Å². The van der Waals surface area contributed by atoms with Gasteiger partial charge in [-0.2, -0.15) is 0 Å². The Hall–Kier alpha value is -4.08. The van der Waals surface area contributed by atoms with Gasteiger partial charge in [0.15, 0.2) is 0 Å². The van der Waals surface area contributed by atoms with Crippen LogP contribution in [0.2, 0.25) is 0 Å². The molecule has 0 unspecified atom stereocenters. The van der Waals surface area contributed by atoms with E-state index < -0.39 is 23.4 Å². The van der Waals surface area contributed by atoms with Crippen molar-refractivity contribution in [3.05, 3.63) is 65.4 Å². The standard InChI is InChI=1S/C21H18FN5O4/c22-14-5-4-12(19(23)29)17-16(14)13(11-25-17)18(28)21(31)27-9-7-26(8-10-27)20(30)15-3-1-2-6-24-15/h1-6,11,25H,7-10H2,(H2,23,29). The van der Waals surface area contributed by atoms with E-state index >= 15 is 0 Å². The fourth-order valence-corrected chi connectivity index (χ4v) is 3.61. The normalized spacial score (nSPS) is 14.0. The molecule has 1 aliphatic heterocycles. The number of pyridine rings is 1. The first-order chi connectivity index (χ1) is 14.9. The Morgan fingerprint density at radius 3 is 2.32 bits per heavy atom. The number of aromatic amines is 1. The number of primary amides is 1. The molecule has 3 aromatic rings. The summed E-state index contributed by atoms with van der Waals surface area (Å²) in [5.74, 6) is -3.50. The van der Waals surface area contributed by atoms with Gasteiger partial charge in [-0.05, 0) is 24.3 Å². The quantitative estimate of drug-likeness (QED) is 0.477. The summed E-state index contributed by atoms with van der Waals surface area (Å²) in [5.41, 5.74) is 5.51. The lowest BCUT2D eigenvalue weighted by molar-refractivity contribution is -0.127. The van der Waals surface area contributed by atoms with Crippen LogP contribution in [-0.4, -0.2) is 69.5 Å². The molecular formula is C21H18FN5O4. The second-order valence-electron chi connectivity index (χ2n) is 7.04. The largest absolute Gasteiger partial charge is 0.366 e. The number of hydrogen-bond donors (Lipinski definition) is 2. The molecule has 158 valence electrons. The third-order valence-corrected chi connectivity index (χ3v) is 5.23. The zero-order valence-corrected chi connectivity index (χ0v) is 16.3. The highest BCUT2D eigenvalue weighted by atomic mass is 19.1. The van der Waals surface area contributed by atoms with E-state index in [4.69, 9.17) is 5.73 Å². The number of ketones is 1. The molecule has 3 heterocycles. The number of halogens is 1. The molecule has 3 N–H and O–H groups in total. The number of aromatic nitrogens is 2. The minimum atomic E-state index is -0.906. The molecule has 1 saturated heterocycles. The summed E-state index contributed by atoms with van der Waals surface area (Å²) in [4.78, 5) is 59.2. The van der Waals surface area contributed by atoms with Crippen LogP contribution in [0.15, 0.2) is 42.7 Å². The van der Waals surface area contributed by atoms with Gasteiger partial charge in [-0.15, -0.1) is 0 Å². The summed E-state index contributed by atoms with van der Waals surface area (Å²) in [7, 11) is 0. The van der Waals surface area contributed by atoms with E-state index in [0.717, 1.165) is 6.07 Å². The monoisotopic (exact) mass is 423 g/mol. The van der Waals surface area contributed by atoms with Crippen LogP contribution in [0, 0.1) is 5.82 Å². The van der Waals surface area contributed by atoms with Crippen molar-refractivity contribution in [3.63, 3.8) is 0 Å². The molecule has 0 radical (unpaired) electrons. The molecule has 31 heavy (non-hydrogen) atoms. The number of hydrogen-bond acceptors (Lipinski definition) is 5. The number of piperazine rings is 1.